The van der Waals surface area contributed by atoms with Gasteiger partial charge in [0, 0.05) is 6.54 Å². The largest absolute Gasteiger partial charge is 0.469 e. The number of halogens is 3. The van der Waals surface area contributed by atoms with Crippen LogP contribution in [0.5, 0.6) is 0 Å². The van der Waals surface area contributed by atoms with E-state index in [1.54, 1.807) is 0 Å². The average molecular weight is 294 g/mol. The minimum Gasteiger partial charge on any atom is -0.469 e. The summed E-state index contributed by atoms with van der Waals surface area (Å²) in [7, 11) is 1.10. The van der Waals surface area contributed by atoms with E-state index >= 15 is 0 Å². The predicted molar refractivity (Wildman–Crippen MR) is 61.6 cm³/mol. The van der Waals surface area contributed by atoms with Gasteiger partial charge in [-0.05, 0) is 0 Å². The molecule has 1 aromatic heterocycles. The molecule has 0 bridgehead atoms. The Morgan fingerprint density at radius 3 is 2.60 bits per heavy atom. The van der Waals surface area contributed by atoms with Gasteiger partial charge < -0.3 is 15.4 Å². The van der Waals surface area contributed by atoms with Crippen molar-refractivity contribution in [3.8, 4) is 0 Å². The van der Waals surface area contributed by atoms with E-state index in [0.29, 0.717) is 4.90 Å². The number of carbonyl (C=O) groups excluding carboxylic acids is 2. The van der Waals surface area contributed by atoms with Gasteiger partial charge >= 0.3 is 12.1 Å². The van der Waals surface area contributed by atoms with E-state index < -0.39 is 31.1 Å². The average Bonchev–Trinajstić information content (AvgIpc) is 2.78. The molecular weight excluding hydrogens is 281 g/mol. The Kier molecular flexibility index (Phi) is 4.94. The monoisotopic (exact) mass is 294 g/mol. The van der Waals surface area contributed by atoms with Crippen LogP contribution in [0.4, 0.5) is 18.9 Å². The molecule has 112 valence electrons. The topological polar surface area (TPSA) is 101 Å². The Balaban J connectivity index is 2.84. The Morgan fingerprint density at radius 1 is 1.50 bits per heavy atom. The molecule has 0 aliphatic rings. The number of esters is 1. The zero-order chi connectivity index (χ0) is 15.3. The number of H-pyrrole nitrogens is 1. The van der Waals surface area contributed by atoms with Gasteiger partial charge in [0.05, 0.1) is 25.4 Å². The van der Waals surface area contributed by atoms with E-state index in [9.17, 15) is 22.8 Å². The summed E-state index contributed by atoms with van der Waals surface area (Å²) in [6.45, 7) is -1.94. The molecule has 0 unspecified atom stereocenters. The van der Waals surface area contributed by atoms with Gasteiger partial charge in [0.25, 0.3) is 5.91 Å². The lowest BCUT2D eigenvalue weighted by Crippen LogP contribution is -2.40. The van der Waals surface area contributed by atoms with E-state index in [-0.39, 0.29) is 17.8 Å². The standard InChI is InChI=1S/C10H13F3N4O3/c1-20-7(18)2-3-17(5-10(11,12)13)9(19)8-6(14)4-15-16-8/h4H,2-3,5,14H2,1H3,(H,15,16). The molecule has 20 heavy (non-hydrogen) atoms. The lowest BCUT2D eigenvalue weighted by molar-refractivity contribution is -0.147. The molecule has 3 N–H and O–H groups in total. The van der Waals surface area contributed by atoms with Gasteiger partial charge in [-0.25, -0.2) is 0 Å². The summed E-state index contributed by atoms with van der Waals surface area (Å²) in [5, 5.41) is 5.69. The molecule has 0 fully saturated rings. The first-order chi connectivity index (χ1) is 9.24. The highest BCUT2D eigenvalue weighted by Gasteiger charge is 2.34. The number of ether oxygens (including phenoxy) is 1. The normalized spacial score (nSPS) is 11.2. The van der Waals surface area contributed by atoms with Crippen LogP contribution in [0.15, 0.2) is 6.20 Å². The maximum Gasteiger partial charge on any atom is 0.406 e. The number of nitrogens with two attached hydrogens (primary N) is 1. The van der Waals surface area contributed by atoms with Gasteiger partial charge in [-0.15, -0.1) is 0 Å². The van der Waals surface area contributed by atoms with Crippen molar-refractivity contribution in [3.63, 3.8) is 0 Å². The third-order valence-corrected chi connectivity index (χ3v) is 2.35. The maximum absolute atomic E-state index is 12.4. The molecule has 0 aliphatic carbocycles. The Labute approximate surface area is 111 Å². The summed E-state index contributed by atoms with van der Waals surface area (Å²) in [5.41, 5.74) is 5.09. The molecular formula is C10H13F3N4O3. The summed E-state index contributed by atoms with van der Waals surface area (Å²) in [5.74, 6) is -1.70. The van der Waals surface area contributed by atoms with E-state index in [4.69, 9.17) is 5.73 Å². The third-order valence-electron chi connectivity index (χ3n) is 2.35. The van der Waals surface area contributed by atoms with Crippen LogP contribution in [0, 0.1) is 0 Å². The van der Waals surface area contributed by atoms with Crippen molar-refractivity contribution in [2.75, 3.05) is 25.9 Å². The summed E-state index contributed by atoms with van der Waals surface area (Å²) in [6.07, 6.45) is -3.84. The van der Waals surface area contributed by atoms with Gasteiger partial charge in [0.2, 0.25) is 0 Å². The van der Waals surface area contributed by atoms with Gasteiger partial charge in [0.15, 0.2) is 0 Å². The number of nitrogen functional groups attached to an aromatic ring is 1. The Bertz CT molecular complexity index is 486. The fraction of sp³-hybridized carbons (Fsp3) is 0.500. The Morgan fingerprint density at radius 2 is 2.15 bits per heavy atom. The van der Waals surface area contributed by atoms with Crippen LogP contribution in [-0.4, -0.2) is 53.3 Å². The first-order valence-electron chi connectivity index (χ1n) is 5.46. The number of alkyl halides is 3. The van der Waals surface area contributed by atoms with Gasteiger partial charge in [0.1, 0.15) is 12.2 Å². The van der Waals surface area contributed by atoms with Crippen LogP contribution >= 0.6 is 0 Å². The quantitative estimate of drug-likeness (QED) is 0.773. The number of methoxy groups -OCH3 is 1. The van der Waals surface area contributed by atoms with Crippen LogP contribution in [0.1, 0.15) is 16.9 Å². The molecule has 0 radical (unpaired) electrons. The lowest BCUT2D eigenvalue weighted by atomic mass is 10.3. The fourth-order valence-corrected chi connectivity index (χ4v) is 1.42. The van der Waals surface area contributed by atoms with Crippen molar-refractivity contribution in [2.24, 2.45) is 0 Å². The van der Waals surface area contributed by atoms with Crippen molar-refractivity contribution < 1.29 is 27.5 Å². The number of aromatic amines is 1. The SMILES string of the molecule is COC(=O)CCN(CC(F)(F)F)C(=O)c1[nH]ncc1N. The number of nitrogens with one attached hydrogen (secondary N) is 1. The minimum absolute atomic E-state index is 0.0692. The first kappa shape index (κ1) is 15.8. The molecule has 0 spiro atoms. The zero-order valence-electron chi connectivity index (χ0n) is 10.5. The van der Waals surface area contributed by atoms with Gasteiger partial charge in [-0.3, -0.25) is 14.7 Å². The van der Waals surface area contributed by atoms with Crippen LogP contribution in [0.25, 0.3) is 0 Å². The second-order valence-corrected chi connectivity index (χ2v) is 3.87. The highest BCUT2D eigenvalue weighted by Crippen LogP contribution is 2.19. The lowest BCUT2D eigenvalue weighted by Gasteiger charge is -2.23. The van der Waals surface area contributed by atoms with Crippen molar-refractivity contribution >= 4 is 17.6 Å². The van der Waals surface area contributed by atoms with E-state index in [1.807, 2.05) is 0 Å². The molecule has 0 atom stereocenters. The first-order valence-corrected chi connectivity index (χ1v) is 5.46. The van der Waals surface area contributed by atoms with Crippen molar-refractivity contribution in [3.05, 3.63) is 11.9 Å². The minimum atomic E-state index is -4.60. The Hall–Kier alpha value is -2.26. The summed E-state index contributed by atoms with van der Waals surface area (Å²) < 4.78 is 41.7. The molecule has 0 aromatic carbocycles. The van der Waals surface area contributed by atoms with Crippen LogP contribution in [-0.2, 0) is 9.53 Å². The van der Waals surface area contributed by atoms with Gasteiger partial charge in [-0.2, -0.15) is 18.3 Å². The molecule has 10 heteroatoms. The molecule has 1 amide bonds. The van der Waals surface area contributed by atoms with Gasteiger partial charge in [-0.1, -0.05) is 0 Å². The smallest absolute Gasteiger partial charge is 0.406 e. The van der Waals surface area contributed by atoms with E-state index in [2.05, 4.69) is 14.9 Å². The highest BCUT2D eigenvalue weighted by atomic mass is 19.4. The molecule has 1 aromatic rings. The number of rotatable bonds is 5. The molecule has 7 nitrogen and oxygen atoms in total. The number of anilines is 1. The molecule has 0 saturated heterocycles. The third kappa shape index (κ3) is 4.44. The number of carbonyl (C=O) groups is 2. The van der Waals surface area contributed by atoms with Crippen LogP contribution in [0.2, 0.25) is 0 Å². The number of hydrogen-bond acceptors (Lipinski definition) is 5. The van der Waals surface area contributed by atoms with Crippen molar-refractivity contribution in [1.29, 1.82) is 0 Å². The number of hydrogen-bond donors (Lipinski definition) is 2. The second-order valence-electron chi connectivity index (χ2n) is 3.87. The fourth-order valence-electron chi connectivity index (χ4n) is 1.42. The molecule has 0 saturated carbocycles. The molecule has 1 rings (SSSR count). The predicted octanol–water partition coefficient (Wildman–Crippen LogP) is 0.560. The summed E-state index contributed by atoms with van der Waals surface area (Å²) in [6, 6.07) is 0. The summed E-state index contributed by atoms with van der Waals surface area (Å²) in [4.78, 5) is 23.4. The number of amides is 1. The molecule has 1 heterocycles. The number of nitrogens with zero attached hydrogens (tertiary/aromatic N) is 2. The van der Waals surface area contributed by atoms with E-state index in [1.165, 1.54) is 0 Å². The summed E-state index contributed by atoms with van der Waals surface area (Å²) >= 11 is 0. The van der Waals surface area contributed by atoms with Crippen molar-refractivity contribution in [2.45, 2.75) is 12.6 Å². The van der Waals surface area contributed by atoms with Crippen molar-refractivity contribution in [1.82, 2.24) is 15.1 Å². The second kappa shape index (κ2) is 6.26. The highest BCUT2D eigenvalue weighted by molar-refractivity contribution is 5.97. The zero-order valence-corrected chi connectivity index (χ0v) is 10.5. The van der Waals surface area contributed by atoms with Crippen LogP contribution < -0.4 is 5.73 Å². The molecule has 0 aliphatic heterocycles. The van der Waals surface area contributed by atoms with E-state index in [0.717, 1.165) is 13.3 Å². The number of aromatic nitrogens is 2. The van der Waals surface area contributed by atoms with Crippen LogP contribution in [0.3, 0.4) is 0 Å². The maximum atomic E-state index is 12.4.